The van der Waals surface area contributed by atoms with Crippen LogP contribution in [0.3, 0.4) is 0 Å². The molecule has 1 aromatic carbocycles. The summed E-state index contributed by atoms with van der Waals surface area (Å²) in [5.41, 5.74) is 0.260. The lowest BCUT2D eigenvalue weighted by Gasteiger charge is -2.54. The highest BCUT2D eigenvalue weighted by Gasteiger charge is 2.60. The van der Waals surface area contributed by atoms with E-state index in [-0.39, 0.29) is 29.6 Å². The lowest BCUT2D eigenvalue weighted by Crippen LogP contribution is -2.73. The SMILES string of the molecule is CC(=O)OCC1(C(=O)OCI)CN2C(=O)C(NC(=O)c3ccccc3)[C@H]2SC1=CCl. The first-order chi connectivity index (χ1) is 14.3. The third kappa shape index (κ3) is 4.30. The molecular weight excluding hydrogens is 547 g/mol. The zero-order valence-electron chi connectivity index (χ0n) is 15.8. The molecule has 0 saturated carbocycles. The van der Waals surface area contributed by atoms with Gasteiger partial charge >= 0.3 is 11.9 Å². The number of hydrogen-bond donors (Lipinski definition) is 1. The number of ether oxygens (including phenoxy) is 2. The third-order valence-corrected chi connectivity index (χ3v) is 7.01. The number of hydrogen-bond acceptors (Lipinski definition) is 7. The number of esters is 2. The lowest BCUT2D eigenvalue weighted by atomic mass is 9.85. The Kier molecular flexibility index (Phi) is 7.30. The minimum Gasteiger partial charge on any atom is -0.464 e. The Morgan fingerprint density at radius 2 is 2.03 bits per heavy atom. The molecule has 3 rings (SSSR count). The Balaban J connectivity index is 1.81. The average Bonchev–Trinajstić information content (AvgIpc) is 2.75. The summed E-state index contributed by atoms with van der Waals surface area (Å²) in [6.45, 7) is 0.855. The molecule has 2 unspecified atom stereocenters. The second kappa shape index (κ2) is 9.56. The Hall–Kier alpha value is -1.79. The van der Waals surface area contributed by atoms with Crippen LogP contribution in [0.25, 0.3) is 0 Å². The predicted molar refractivity (Wildman–Crippen MR) is 119 cm³/mol. The van der Waals surface area contributed by atoms with Crippen LogP contribution in [0.5, 0.6) is 0 Å². The van der Waals surface area contributed by atoms with E-state index in [9.17, 15) is 19.2 Å². The maximum atomic E-state index is 12.8. The number of β-lactam (4-membered cyclic amide) rings is 1. The van der Waals surface area contributed by atoms with Gasteiger partial charge in [-0.05, 0) is 34.7 Å². The predicted octanol–water partition coefficient (Wildman–Crippen LogP) is 2.27. The molecule has 30 heavy (non-hydrogen) atoms. The van der Waals surface area contributed by atoms with E-state index in [1.807, 2.05) is 22.6 Å². The van der Waals surface area contributed by atoms with Gasteiger partial charge in [0.25, 0.3) is 5.91 Å². The Morgan fingerprint density at radius 3 is 2.63 bits per heavy atom. The van der Waals surface area contributed by atoms with E-state index in [0.717, 1.165) is 0 Å². The van der Waals surface area contributed by atoms with E-state index in [1.54, 1.807) is 30.3 Å². The fraction of sp³-hybridized carbons (Fsp3) is 0.368. The second-order valence-corrected chi connectivity index (χ2v) is 8.67. The first-order valence-electron chi connectivity index (χ1n) is 8.84. The molecule has 160 valence electrons. The summed E-state index contributed by atoms with van der Waals surface area (Å²) >= 11 is 9.07. The highest BCUT2D eigenvalue weighted by molar-refractivity contribution is 14.1. The minimum atomic E-state index is -1.41. The van der Waals surface area contributed by atoms with Gasteiger partial charge in [-0.15, -0.1) is 11.8 Å². The van der Waals surface area contributed by atoms with Crippen molar-refractivity contribution in [3.63, 3.8) is 0 Å². The van der Waals surface area contributed by atoms with Crippen LogP contribution in [-0.4, -0.2) is 57.8 Å². The Morgan fingerprint density at radius 1 is 1.33 bits per heavy atom. The van der Waals surface area contributed by atoms with Crippen LogP contribution in [0.15, 0.2) is 40.8 Å². The summed E-state index contributed by atoms with van der Waals surface area (Å²) in [7, 11) is 0. The number of rotatable bonds is 6. The van der Waals surface area contributed by atoms with Crippen molar-refractivity contribution in [2.24, 2.45) is 5.41 Å². The number of thioether (sulfide) groups is 1. The van der Waals surface area contributed by atoms with E-state index < -0.39 is 28.8 Å². The molecule has 8 nitrogen and oxygen atoms in total. The van der Waals surface area contributed by atoms with E-state index >= 15 is 0 Å². The number of carbonyl (C=O) groups excluding carboxylic acids is 4. The van der Waals surface area contributed by atoms with Crippen LogP contribution >= 0.6 is 46.0 Å². The number of alkyl halides is 1. The molecule has 2 aliphatic heterocycles. The molecule has 2 aliphatic rings. The van der Waals surface area contributed by atoms with Gasteiger partial charge < -0.3 is 19.7 Å². The highest BCUT2D eigenvalue weighted by Crippen LogP contribution is 2.51. The number of carbonyl (C=O) groups is 4. The normalized spacial score (nSPS) is 26.4. The molecule has 0 aromatic heterocycles. The standard InChI is InChI=1S/C19H18ClIN2O6S/c1-11(24)28-9-19(18(27)29-10-21)8-23-16(26)14(17(23)30-13(19)7-20)22-15(25)12-5-3-2-4-6-12/h2-7,14,17H,8-10H2,1H3,(H,22,25)/t14?,17-,19?/m1/s1. The number of nitrogens with one attached hydrogen (secondary N) is 1. The van der Waals surface area contributed by atoms with Gasteiger partial charge in [0.05, 0.1) is 0 Å². The van der Waals surface area contributed by atoms with Crippen LogP contribution < -0.4 is 5.32 Å². The van der Waals surface area contributed by atoms with Crippen LogP contribution in [0.4, 0.5) is 0 Å². The monoisotopic (exact) mass is 564 g/mol. The summed E-state index contributed by atoms with van der Waals surface area (Å²) in [6, 6.07) is 7.79. The number of nitrogens with zero attached hydrogens (tertiary/aromatic N) is 1. The number of halogens is 2. The molecule has 1 N–H and O–H groups in total. The second-order valence-electron chi connectivity index (χ2n) is 6.67. The van der Waals surface area contributed by atoms with Crippen molar-refractivity contribution >= 4 is 69.7 Å². The molecule has 1 aromatic rings. The maximum absolute atomic E-state index is 12.8. The van der Waals surface area contributed by atoms with Gasteiger partial charge in [-0.2, -0.15) is 0 Å². The van der Waals surface area contributed by atoms with Crippen LogP contribution in [0.2, 0.25) is 0 Å². The molecule has 2 fully saturated rings. The molecule has 2 saturated heterocycles. The molecule has 3 atom stereocenters. The zero-order chi connectivity index (χ0) is 21.9. The fourth-order valence-electron chi connectivity index (χ4n) is 3.27. The van der Waals surface area contributed by atoms with Crippen molar-refractivity contribution in [1.82, 2.24) is 10.2 Å². The molecule has 0 aliphatic carbocycles. The van der Waals surface area contributed by atoms with Crippen LogP contribution in [-0.2, 0) is 23.9 Å². The maximum Gasteiger partial charge on any atom is 0.323 e. The van der Waals surface area contributed by atoms with Gasteiger partial charge in [-0.3, -0.25) is 19.2 Å². The molecule has 0 bridgehead atoms. The third-order valence-electron chi connectivity index (χ3n) is 4.82. The first-order valence-corrected chi connectivity index (χ1v) is 11.7. The average molecular weight is 565 g/mol. The zero-order valence-corrected chi connectivity index (χ0v) is 19.5. The molecular formula is C19H18ClIN2O6S. The van der Waals surface area contributed by atoms with Crippen LogP contribution in [0.1, 0.15) is 17.3 Å². The van der Waals surface area contributed by atoms with Crippen molar-refractivity contribution in [2.75, 3.05) is 17.8 Å². The van der Waals surface area contributed by atoms with Crippen molar-refractivity contribution < 1.29 is 28.7 Å². The quantitative estimate of drug-likeness (QED) is 0.245. The van der Waals surface area contributed by atoms with Gasteiger partial charge in [0.15, 0.2) is 5.41 Å². The van der Waals surface area contributed by atoms with E-state index in [2.05, 4.69) is 5.32 Å². The van der Waals surface area contributed by atoms with Gasteiger partial charge in [0.2, 0.25) is 5.91 Å². The van der Waals surface area contributed by atoms with E-state index in [0.29, 0.717) is 10.5 Å². The summed E-state index contributed by atoms with van der Waals surface area (Å²) < 4.78 is 10.4. The minimum absolute atomic E-state index is 0.0670. The van der Waals surface area contributed by atoms with Crippen LogP contribution in [0, 0.1) is 5.41 Å². The molecule has 2 amide bonds. The van der Waals surface area contributed by atoms with Gasteiger partial charge in [-0.25, -0.2) is 0 Å². The van der Waals surface area contributed by atoms with Gasteiger partial charge in [-0.1, -0.05) is 29.8 Å². The Labute approximate surface area is 195 Å². The van der Waals surface area contributed by atoms with E-state index in [4.69, 9.17) is 21.1 Å². The largest absolute Gasteiger partial charge is 0.464 e. The molecule has 0 spiro atoms. The molecule has 0 radical (unpaired) electrons. The van der Waals surface area contributed by atoms with Crippen molar-refractivity contribution in [2.45, 2.75) is 18.3 Å². The van der Waals surface area contributed by atoms with Gasteiger partial charge in [0.1, 0.15) is 22.6 Å². The summed E-state index contributed by atoms with van der Waals surface area (Å²) in [6.07, 6.45) is 0. The Bertz CT molecular complexity index is 898. The van der Waals surface area contributed by atoms with Crippen molar-refractivity contribution in [3.05, 3.63) is 46.3 Å². The fourth-order valence-corrected chi connectivity index (χ4v) is 5.28. The summed E-state index contributed by atoms with van der Waals surface area (Å²) in [4.78, 5) is 51.2. The number of amides is 2. The van der Waals surface area contributed by atoms with Gasteiger partial charge in [0, 0.05) is 29.5 Å². The topological polar surface area (TPSA) is 102 Å². The van der Waals surface area contributed by atoms with Crippen molar-refractivity contribution in [3.8, 4) is 0 Å². The lowest BCUT2D eigenvalue weighted by molar-refractivity contribution is -0.164. The highest BCUT2D eigenvalue weighted by atomic mass is 127. The number of benzene rings is 1. The summed E-state index contributed by atoms with van der Waals surface area (Å²) in [5, 5.41) is 2.30. The summed E-state index contributed by atoms with van der Waals surface area (Å²) in [5.74, 6) is -1.91. The number of fused-ring (bicyclic) bond motifs is 1. The van der Waals surface area contributed by atoms with E-state index in [1.165, 1.54) is 29.1 Å². The molecule has 2 heterocycles. The first kappa shape index (κ1) is 22.9. The van der Waals surface area contributed by atoms with Crippen molar-refractivity contribution in [1.29, 1.82) is 0 Å². The smallest absolute Gasteiger partial charge is 0.323 e. The molecule has 11 heteroatoms.